The SMILES string of the molecule is CCCCCCCN(C(=O)CNC(=O)OC(C)(C)C)C(C(=O)NC(C)C)c1ccc(CC)cc1. The highest BCUT2D eigenvalue weighted by Gasteiger charge is 2.31. The molecule has 1 rings (SSSR count). The van der Waals surface area contributed by atoms with Crippen LogP contribution >= 0.6 is 0 Å². The van der Waals surface area contributed by atoms with Crippen molar-refractivity contribution in [2.75, 3.05) is 13.1 Å². The number of amides is 3. The van der Waals surface area contributed by atoms with Gasteiger partial charge in [0.1, 0.15) is 18.2 Å². The van der Waals surface area contributed by atoms with E-state index < -0.39 is 17.7 Å². The van der Waals surface area contributed by atoms with Crippen molar-refractivity contribution in [2.45, 2.75) is 105 Å². The Kier molecular flexibility index (Phi) is 12.7. The molecule has 0 aliphatic heterocycles. The first-order valence-electron chi connectivity index (χ1n) is 12.6. The van der Waals surface area contributed by atoms with Crippen LogP contribution in [0.25, 0.3) is 0 Å². The summed E-state index contributed by atoms with van der Waals surface area (Å²) in [4.78, 5) is 40.4. The number of carbonyl (C=O) groups is 3. The van der Waals surface area contributed by atoms with Crippen LogP contribution in [0.15, 0.2) is 24.3 Å². The molecule has 3 amide bonds. The number of benzene rings is 1. The molecule has 0 saturated carbocycles. The highest BCUT2D eigenvalue weighted by atomic mass is 16.6. The third-order valence-electron chi connectivity index (χ3n) is 5.30. The van der Waals surface area contributed by atoms with Gasteiger partial charge in [0.25, 0.3) is 0 Å². The number of alkyl carbamates (subject to hydrolysis) is 1. The molecule has 1 atom stereocenters. The van der Waals surface area contributed by atoms with Gasteiger partial charge in [-0.25, -0.2) is 4.79 Å². The van der Waals surface area contributed by atoms with Crippen molar-refractivity contribution < 1.29 is 19.1 Å². The lowest BCUT2D eigenvalue weighted by atomic mass is 10.0. The number of rotatable bonds is 13. The van der Waals surface area contributed by atoms with Crippen LogP contribution in [0, 0.1) is 0 Å². The van der Waals surface area contributed by atoms with Crippen LogP contribution < -0.4 is 10.6 Å². The molecule has 0 aromatic heterocycles. The first kappa shape index (κ1) is 29.5. The summed E-state index contributed by atoms with van der Waals surface area (Å²) in [7, 11) is 0. The van der Waals surface area contributed by atoms with Gasteiger partial charge in [-0.15, -0.1) is 0 Å². The molecular weight excluding hydrogens is 430 g/mol. The molecule has 192 valence electrons. The highest BCUT2D eigenvalue weighted by Crippen LogP contribution is 2.24. The lowest BCUT2D eigenvalue weighted by Crippen LogP contribution is -2.49. The summed E-state index contributed by atoms with van der Waals surface area (Å²) in [5.41, 5.74) is 1.26. The molecular formula is C27H45N3O4. The Morgan fingerprint density at radius 1 is 0.971 bits per heavy atom. The van der Waals surface area contributed by atoms with Crippen LogP contribution in [-0.4, -0.2) is 47.5 Å². The van der Waals surface area contributed by atoms with Gasteiger partial charge < -0.3 is 20.3 Å². The van der Waals surface area contributed by atoms with Gasteiger partial charge >= 0.3 is 6.09 Å². The lowest BCUT2D eigenvalue weighted by Gasteiger charge is -2.32. The molecule has 0 fully saturated rings. The topological polar surface area (TPSA) is 87.7 Å². The maximum atomic E-state index is 13.3. The van der Waals surface area contributed by atoms with Crippen molar-refractivity contribution in [3.8, 4) is 0 Å². The zero-order chi connectivity index (χ0) is 25.7. The minimum atomic E-state index is -0.771. The standard InChI is InChI=1S/C27H45N3O4/c1-8-10-11-12-13-18-30(23(31)19-28-26(33)34-27(5,6)7)24(25(32)29-20(3)4)22-16-14-21(9-2)15-17-22/h14-17,20,24H,8-13,18-19H2,1-7H3,(H,28,33)(H,29,32). The molecule has 1 aromatic carbocycles. The Hall–Kier alpha value is -2.57. The molecule has 7 nitrogen and oxygen atoms in total. The molecule has 0 aliphatic carbocycles. The molecule has 1 aromatic rings. The molecule has 7 heteroatoms. The Morgan fingerprint density at radius 2 is 1.59 bits per heavy atom. The summed E-state index contributed by atoms with van der Waals surface area (Å²) in [5.74, 6) is -0.539. The number of nitrogens with one attached hydrogen (secondary N) is 2. The largest absolute Gasteiger partial charge is 0.444 e. The van der Waals surface area contributed by atoms with Gasteiger partial charge in [-0.3, -0.25) is 9.59 Å². The van der Waals surface area contributed by atoms with Crippen LogP contribution in [0.4, 0.5) is 4.79 Å². The minimum Gasteiger partial charge on any atom is -0.444 e. The third-order valence-corrected chi connectivity index (χ3v) is 5.30. The number of ether oxygens (including phenoxy) is 1. The number of hydrogen-bond acceptors (Lipinski definition) is 4. The summed E-state index contributed by atoms with van der Waals surface area (Å²) in [6, 6.07) is 6.99. The van der Waals surface area contributed by atoms with Crippen LogP contribution in [0.5, 0.6) is 0 Å². The summed E-state index contributed by atoms with van der Waals surface area (Å²) in [6.07, 6.45) is 5.36. The smallest absolute Gasteiger partial charge is 0.408 e. The predicted octanol–water partition coefficient (Wildman–Crippen LogP) is 5.14. The van der Waals surface area contributed by atoms with Crippen molar-refractivity contribution in [3.63, 3.8) is 0 Å². The number of hydrogen-bond donors (Lipinski definition) is 2. The van der Waals surface area contributed by atoms with Gasteiger partial charge in [0.15, 0.2) is 0 Å². The van der Waals surface area contributed by atoms with E-state index in [9.17, 15) is 14.4 Å². The second-order valence-electron chi connectivity index (χ2n) is 10.0. The van der Waals surface area contributed by atoms with E-state index in [-0.39, 0.29) is 24.4 Å². The number of nitrogens with zero attached hydrogens (tertiary/aromatic N) is 1. The Morgan fingerprint density at radius 3 is 2.12 bits per heavy atom. The van der Waals surface area contributed by atoms with Gasteiger partial charge in [-0.1, -0.05) is 63.8 Å². The Labute approximate surface area is 206 Å². The molecule has 1 unspecified atom stereocenters. The molecule has 2 N–H and O–H groups in total. The van der Waals surface area contributed by atoms with Crippen LogP contribution in [0.1, 0.15) is 97.7 Å². The second-order valence-corrected chi connectivity index (χ2v) is 10.0. The van der Waals surface area contributed by atoms with Gasteiger partial charge in [-0.05, 0) is 58.6 Å². The maximum Gasteiger partial charge on any atom is 0.408 e. The van der Waals surface area contributed by atoms with E-state index in [0.717, 1.165) is 49.7 Å². The summed E-state index contributed by atoms with van der Waals surface area (Å²) in [6.45, 7) is 13.5. The van der Waals surface area contributed by atoms with Crippen LogP contribution in [-0.2, 0) is 20.7 Å². The van der Waals surface area contributed by atoms with E-state index in [1.165, 1.54) is 0 Å². The van der Waals surface area contributed by atoms with E-state index in [4.69, 9.17) is 4.74 Å². The Bertz CT molecular complexity index is 769. The summed E-state index contributed by atoms with van der Waals surface area (Å²) >= 11 is 0. The van der Waals surface area contributed by atoms with Gasteiger partial charge in [0, 0.05) is 12.6 Å². The zero-order valence-corrected chi connectivity index (χ0v) is 22.2. The van der Waals surface area contributed by atoms with Crippen molar-refractivity contribution in [3.05, 3.63) is 35.4 Å². The molecule has 0 bridgehead atoms. The van der Waals surface area contributed by atoms with Gasteiger partial charge in [-0.2, -0.15) is 0 Å². The van der Waals surface area contributed by atoms with Gasteiger partial charge in [0.2, 0.25) is 11.8 Å². The summed E-state index contributed by atoms with van der Waals surface area (Å²) < 4.78 is 5.26. The normalized spacial score (nSPS) is 12.2. The first-order valence-corrected chi connectivity index (χ1v) is 12.6. The molecule has 34 heavy (non-hydrogen) atoms. The molecule has 0 spiro atoms. The Balaban J connectivity index is 3.16. The van der Waals surface area contributed by atoms with E-state index in [2.05, 4.69) is 24.5 Å². The average molecular weight is 476 g/mol. The average Bonchev–Trinajstić information content (AvgIpc) is 2.75. The number of aryl methyl sites for hydroxylation is 1. The highest BCUT2D eigenvalue weighted by molar-refractivity contribution is 5.90. The van der Waals surface area contributed by atoms with Gasteiger partial charge in [0.05, 0.1) is 0 Å². The van der Waals surface area contributed by atoms with E-state index >= 15 is 0 Å². The minimum absolute atomic E-state index is 0.0636. The van der Waals surface area contributed by atoms with Crippen molar-refractivity contribution in [1.82, 2.24) is 15.5 Å². The fourth-order valence-electron chi connectivity index (χ4n) is 3.62. The fourth-order valence-corrected chi connectivity index (χ4v) is 3.62. The lowest BCUT2D eigenvalue weighted by molar-refractivity contribution is -0.140. The van der Waals surface area contributed by atoms with Crippen LogP contribution in [0.3, 0.4) is 0 Å². The number of unbranched alkanes of at least 4 members (excludes halogenated alkanes) is 4. The number of carbonyl (C=O) groups excluding carboxylic acids is 3. The van der Waals surface area contributed by atoms with Crippen LogP contribution in [0.2, 0.25) is 0 Å². The third kappa shape index (κ3) is 11.0. The van der Waals surface area contributed by atoms with E-state index in [1.54, 1.807) is 25.7 Å². The van der Waals surface area contributed by atoms with Crippen molar-refractivity contribution >= 4 is 17.9 Å². The van der Waals surface area contributed by atoms with E-state index in [0.29, 0.717) is 6.54 Å². The molecule has 0 aliphatic rings. The first-order chi connectivity index (χ1) is 16.0. The zero-order valence-electron chi connectivity index (χ0n) is 22.2. The monoisotopic (exact) mass is 475 g/mol. The van der Waals surface area contributed by atoms with Crippen molar-refractivity contribution in [2.24, 2.45) is 0 Å². The summed E-state index contributed by atoms with van der Waals surface area (Å²) in [5, 5.41) is 5.52. The molecule has 0 heterocycles. The van der Waals surface area contributed by atoms with E-state index in [1.807, 2.05) is 38.1 Å². The second kappa shape index (κ2) is 14.6. The predicted molar refractivity (Wildman–Crippen MR) is 137 cm³/mol. The molecule has 0 radical (unpaired) electrons. The quantitative estimate of drug-likeness (QED) is 0.387. The van der Waals surface area contributed by atoms with Crippen molar-refractivity contribution in [1.29, 1.82) is 0 Å². The molecule has 0 saturated heterocycles. The fraction of sp³-hybridized carbons (Fsp3) is 0.667. The maximum absolute atomic E-state index is 13.3.